The van der Waals surface area contributed by atoms with Crippen molar-refractivity contribution in [3.8, 4) is 5.75 Å². The van der Waals surface area contributed by atoms with Crippen LogP contribution in [0.3, 0.4) is 0 Å². The van der Waals surface area contributed by atoms with Crippen LogP contribution >= 0.6 is 24.0 Å². The maximum absolute atomic E-state index is 12.4. The number of aromatic nitrogens is 3. The minimum absolute atomic E-state index is 0. The third-order valence-corrected chi connectivity index (χ3v) is 4.83. The number of alkyl halides is 2. The Labute approximate surface area is 209 Å². The smallest absolute Gasteiger partial charge is 0.387 e. The van der Waals surface area contributed by atoms with Gasteiger partial charge in [0.2, 0.25) is 0 Å². The maximum Gasteiger partial charge on any atom is 0.387 e. The van der Waals surface area contributed by atoms with Crippen LogP contribution in [0.15, 0.2) is 65.9 Å². The van der Waals surface area contributed by atoms with E-state index in [1.54, 1.807) is 30.6 Å². The molecule has 0 saturated heterocycles. The number of nitrogens with zero attached hydrogens (tertiary/aromatic N) is 5. The molecule has 1 N–H and O–H groups in total. The lowest BCUT2D eigenvalue weighted by Gasteiger charge is -2.23. The quantitative estimate of drug-likeness (QED) is 0.223. The monoisotopic (exact) mass is 570 g/mol. The van der Waals surface area contributed by atoms with Gasteiger partial charge in [0.05, 0.1) is 6.54 Å². The number of aliphatic imine (C=N–C) groups is 1. The van der Waals surface area contributed by atoms with Crippen LogP contribution in [0.1, 0.15) is 23.9 Å². The number of ether oxygens (including phenoxy) is 1. The average Bonchev–Trinajstić information content (AvgIpc) is 3.25. The van der Waals surface area contributed by atoms with E-state index in [0.29, 0.717) is 26.2 Å². The number of aryl methyl sites for hydroxylation is 1. The van der Waals surface area contributed by atoms with E-state index >= 15 is 0 Å². The van der Waals surface area contributed by atoms with Gasteiger partial charge in [-0.25, -0.2) is 4.99 Å². The molecule has 0 aliphatic rings. The van der Waals surface area contributed by atoms with Crippen molar-refractivity contribution in [2.75, 3.05) is 13.6 Å². The molecule has 3 rings (SSSR count). The van der Waals surface area contributed by atoms with Gasteiger partial charge in [-0.3, -0.25) is 0 Å². The van der Waals surface area contributed by atoms with Crippen LogP contribution in [0.2, 0.25) is 0 Å². The van der Waals surface area contributed by atoms with E-state index in [2.05, 4.69) is 20.3 Å². The second kappa shape index (κ2) is 13.7. The van der Waals surface area contributed by atoms with Gasteiger partial charge in [-0.05, 0) is 23.3 Å². The molecule has 0 aliphatic carbocycles. The second-order valence-electron chi connectivity index (χ2n) is 7.22. The van der Waals surface area contributed by atoms with E-state index in [4.69, 9.17) is 4.99 Å². The summed E-state index contributed by atoms with van der Waals surface area (Å²) in [5, 5.41) is 11.5. The van der Waals surface area contributed by atoms with E-state index in [1.165, 1.54) is 0 Å². The summed E-state index contributed by atoms with van der Waals surface area (Å²) in [5.41, 5.74) is 2.07. The van der Waals surface area contributed by atoms with Gasteiger partial charge in [-0.2, -0.15) is 8.78 Å². The van der Waals surface area contributed by atoms with Gasteiger partial charge in [0.25, 0.3) is 0 Å². The Hall–Kier alpha value is -2.76. The zero-order valence-electron chi connectivity index (χ0n) is 18.7. The van der Waals surface area contributed by atoms with Crippen LogP contribution in [-0.4, -0.2) is 45.8 Å². The zero-order valence-corrected chi connectivity index (χ0v) is 21.0. The number of hydrogen-bond donors (Lipinski definition) is 1. The molecule has 0 unspecified atom stereocenters. The largest absolute Gasteiger partial charge is 0.435 e. The molecule has 7 nitrogen and oxygen atoms in total. The Kier molecular flexibility index (Phi) is 11.0. The lowest BCUT2D eigenvalue weighted by molar-refractivity contribution is -0.0498. The molecule has 0 bridgehead atoms. The first-order chi connectivity index (χ1) is 15.5. The first kappa shape index (κ1) is 26.5. The molecule has 0 aliphatic heterocycles. The van der Waals surface area contributed by atoms with Gasteiger partial charge in [0.15, 0.2) is 5.96 Å². The molecule has 0 spiro atoms. The fourth-order valence-electron chi connectivity index (χ4n) is 3.21. The highest BCUT2D eigenvalue weighted by atomic mass is 127. The lowest BCUT2D eigenvalue weighted by Crippen LogP contribution is -2.40. The topological polar surface area (TPSA) is 67.6 Å². The van der Waals surface area contributed by atoms with Gasteiger partial charge in [0.1, 0.15) is 17.9 Å². The van der Waals surface area contributed by atoms with Crippen molar-refractivity contribution < 1.29 is 13.5 Å². The van der Waals surface area contributed by atoms with Crippen LogP contribution in [0, 0.1) is 0 Å². The van der Waals surface area contributed by atoms with Gasteiger partial charge in [-0.15, -0.1) is 34.2 Å². The number of nitrogens with one attached hydrogen (secondary N) is 1. The molecule has 10 heteroatoms. The molecule has 2 aromatic carbocycles. The molecule has 1 heterocycles. The predicted molar refractivity (Wildman–Crippen MR) is 135 cm³/mol. The van der Waals surface area contributed by atoms with Gasteiger partial charge in [0, 0.05) is 33.1 Å². The Morgan fingerprint density at radius 1 is 1.12 bits per heavy atom. The van der Waals surface area contributed by atoms with Crippen molar-refractivity contribution in [3.63, 3.8) is 0 Å². The molecule has 0 atom stereocenters. The standard InChI is InChI=1S/C23H28F2N6O.HI/c1-3-21-29-28-17-31(21)14-13-26-23(27-15-18-7-5-4-6-8-18)30(2)16-19-9-11-20(12-10-19)32-22(24)25;/h4-12,17,22H,3,13-16H2,1-2H3,(H,26,27);1H. The summed E-state index contributed by atoms with van der Waals surface area (Å²) >= 11 is 0. The summed E-state index contributed by atoms with van der Waals surface area (Å²) in [6.45, 7) is 1.69. The summed E-state index contributed by atoms with van der Waals surface area (Å²) in [7, 11) is 1.94. The molecule has 178 valence electrons. The summed E-state index contributed by atoms with van der Waals surface area (Å²) < 4.78 is 31.2. The zero-order chi connectivity index (χ0) is 22.8. The molecule has 33 heavy (non-hydrogen) atoms. The van der Waals surface area contributed by atoms with Gasteiger partial charge in [-0.1, -0.05) is 49.4 Å². The number of hydrogen-bond acceptors (Lipinski definition) is 4. The Morgan fingerprint density at radius 3 is 2.52 bits per heavy atom. The molecular weight excluding hydrogens is 541 g/mol. The highest BCUT2D eigenvalue weighted by Crippen LogP contribution is 2.16. The molecule has 0 amide bonds. The minimum atomic E-state index is -2.83. The number of benzene rings is 2. The number of guanidine groups is 1. The van der Waals surface area contributed by atoms with Crippen molar-refractivity contribution >= 4 is 29.9 Å². The highest BCUT2D eigenvalue weighted by molar-refractivity contribution is 14.0. The van der Waals surface area contributed by atoms with Crippen LogP contribution in [0.4, 0.5) is 8.78 Å². The van der Waals surface area contributed by atoms with Crippen LogP contribution in [0.5, 0.6) is 5.75 Å². The summed E-state index contributed by atoms with van der Waals surface area (Å²) in [6, 6.07) is 16.7. The average molecular weight is 570 g/mol. The highest BCUT2D eigenvalue weighted by Gasteiger charge is 2.10. The predicted octanol–water partition coefficient (Wildman–Crippen LogP) is 4.34. The van der Waals surface area contributed by atoms with Crippen molar-refractivity contribution in [1.82, 2.24) is 25.0 Å². The number of rotatable bonds is 10. The summed E-state index contributed by atoms with van der Waals surface area (Å²) in [4.78, 5) is 6.77. The fourth-order valence-corrected chi connectivity index (χ4v) is 3.21. The molecule has 0 radical (unpaired) electrons. The Morgan fingerprint density at radius 2 is 1.85 bits per heavy atom. The lowest BCUT2D eigenvalue weighted by atomic mass is 10.2. The molecule has 3 aromatic rings. The van der Waals surface area contributed by atoms with E-state index in [0.717, 1.165) is 29.3 Å². The van der Waals surface area contributed by atoms with Crippen LogP contribution < -0.4 is 10.1 Å². The SMILES string of the molecule is CCc1nncn1CCNC(=NCc1ccccc1)N(C)Cc1ccc(OC(F)F)cc1.I. The summed E-state index contributed by atoms with van der Waals surface area (Å²) in [6.07, 6.45) is 2.55. The third kappa shape index (κ3) is 8.60. The van der Waals surface area contributed by atoms with E-state index in [9.17, 15) is 8.78 Å². The van der Waals surface area contributed by atoms with Gasteiger partial charge < -0.3 is 19.5 Å². The van der Waals surface area contributed by atoms with E-state index in [-0.39, 0.29) is 29.7 Å². The molecule has 0 fully saturated rings. The number of halogens is 3. The van der Waals surface area contributed by atoms with Crippen molar-refractivity contribution in [2.24, 2.45) is 4.99 Å². The minimum Gasteiger partial charge on any atom is -0.435 e. The second-order valence-corrected chi connectivity index (χ2v) is 7.22. The molecule has 0 saturated carbocycles. The fraction of sp³-hybridized carbons (Fsp3) is 0.348. The maximum atomic E-state index is 12.4. The Balaban J connectivity index is 0.00000385. The summed E-state index contributed by atoms with van der Waals surface area (Å²) in [5.74, 6) is 1.82. The first-order valence-corrected chi connectivity index (χ1v) is 10.5. The molecule has 1 aromatic heterocycles. The first-order valence-electron chi connectivity index (χ1n) is 10.5. The van der Waals surface area contributed by atoms with E-state index in [1.807, 2.05) is 53.8 Å². The van der Waals surface area contributed by atoms with E-state index < -0.39 is 6.61 Å². The Bertz CT molecular complexity index is 982. The van der Waals surface area contributed by atoms with Crippen molar-refractivity contribution in [2.45, 2.75) is 39.6 Å². The van der Waals surface area contributed by atoms with Gasteiger partial charge >= 0.3 is 6.61 Å². The van der Waals surface area contributed by atoms with Crippen LogP contribution in [-0.2, 0) is 26.1 Å². The third-order valence-electron chi connectivity index (χ3n) is 4.83. The van der Waals surface area contributed by atoms with Crippen LogP contribution in [0.25, 0.3) is 0 Å². The van der Waals surface area contributed by atoms with Crippen molar-refractivity contribution in [1.29, 1.82) is 0 Å². The normalized spacial score (nSPS) is 11.2. The van der Waals surface area contributed by atoms with Crippen molar-refractivity contribution in [3.05, 3.63) is 77.9 Å². The molecular formula is C23H29F2IN6O.